The molecule has 0 atom stereocenters. The number of anilines is 2. The van der Waals surface area contributed by atoms with E-state index in [1.54, 1.807) is 48.5 Å². The zero-order valence-electron chi connectivity index (χ0n) is 12.6. The van der Waals surface area contributed by atoms with Crippen LogP contribution in [0.4, 0.5) is 11.4 Å². The minimum absolute atomic E-state index is 0.327. The zero-order chi connectivity index (χ0) is 17.7. The Morgan fingerprint density at radius 1 is 1.00 bits per heavy atom. The molecule has 0 saturated heterocycles. The van der Waals surface area contributed by atoms with Crippen molar-refractivity contribution in [1.29, 1.82) is 0 Å². The highest BCUT2D eigenvalue weighted by atomic mass is 35.5. The molecule has 126 valence electrons. The van der Waals surface area contributed by atoms with Crippen LogP contribution in [0.1, 0.15) is 5.56 Å². The Kier molecular flexibility index (Phi) is 5.88. The van der Waals surface area contributed by atoms with E-state index in [4.69, 9.17) is 23.2 Å². The number of sulfonamides is 1. The van der Waals surface area contributed by atoms with Gasteiger partial charge in [-0.2, -0.15) is 0 Å². The van der Waals surface area contributed by atoms with E-state index in [0.717, 1.165) is 11.8 Å². The second-order valence-corrected chi connectivity index (χ2v) is 7.51. The van der Waals surface area contributed by atoms with E-state index in [0.29, 0.717) is 21.4 Å². The summed E-state index contributed by atoms with van der Waals surface area (Å²) in [6.07, 6.45) is 4.05. The van der Waals surface area contributed by atoms with E-state index < -0.39 is 10.0 Å². The molecule has 0 aliphatic rings. The highest BCUT2D eigenvalue weighted by Gasteiger charge is 2.03. The highest BCUT2D eigenvalue weighted by Crippen LogP contribution is 2.25. The van der Waals surface area contributed by atoms with Gasteiger partial charge in [0.2, 0.25) is 15.9 Å². The maximum Gasteiger partial charge on any atom is 0.248 e. The maximum absolute atomic E-state index is 11.9. The van der Waals surface area contributed by atoms with E-state index in [1.807, 2.05) is 0 Å². The minimum atomic E-state index is -3.31. The largest absolute Gasteiger partial charge is 0.322 e. The number of carbonyl (C=O) groups is 1. The summed E-state index contributed by atoms with van der Waals surface area (Å²) < 4.78 is 24.6. The van der Waals surface area contributed by atoms with Gasteiger partial charge in [0, 0.05) is 17.5 Å². The third-order valence-corrected chi connectivity index (χ3v) is 4.17. The second kappa shape index (κ2) is 7.70. The molecule has 0 aliphatic heterocycles. The molecule has 0 spiro atoms. The van der Waals surface area contributed by atoms with Crippen molar-refractivity contribution in [2.75, 3.05) is 16.3 Å². The first-order valence-corrected chi connectivity index (χ1v) is 9.40. The topological polar surface area (TPSA) is 75.3 Å². The van der Waals surface area contributed by atoms with Gasteiger partial charge in [-0.1, -0.05) is 35.3 Å². The van der Waals surface area contributed by atoms with E-state index in [1.165, 1.54) is 6.08 Å². The molecule has 0 heterocycles. The molecule has 0 bridgehead atoms. The zero-order valence-corrected chi connectivity index (χ0v) is 14.9. The number of nitrogens with one attached hydrogen (secondary N) is 2. The van der Waals surface area contributed by atoms with Crippen LogP contribution in [0.15, 0.2) is 48.5 Å². The molecule has 0 aliphatic carbocycles. The van der Waals surface area contributed by atoms with Gasteiger partial charge < -0.3 is 5.32 Å². The van der Waals surface area contributed by atoms with Gasteiger partial charge in [0.1, 0.15) is 0 Å². The SMILES string of the molecule is CS(=O)(=O)Nc1ccc(/C=C/C(=O)Nc2ccc(Cl)c(Cl)c2)cc1. The average Bonchev–Trinajstić information content (AvgIpc) is 2.49. The Labute approximate surface area is 150 Å². The molecule has 0 saturated carbocycles. The van der Waals surface area contributed by atoms with Crippen molar-refractivity contribution < 1.29 is 13.2 Å². The molecule has 0 aromatic heterocycles. The van der Waals surface area contributed by atoms with Crippen molar-refractivity contribution >= 4 is 56.6 Å². The molecular weight excluding hydrogens is 371 g/mol. The van der Waals surface area contributed by atoms with Crippen LogP contribution in [0.5, 0.6) is 0 Å². The molecular formula is C16H14Cl2N2O3S. The summed E-state index contributed by atoms with van der Waals surface area (Å²) in [6, 6.07) is 11.4. The van der Waals surface area contributed by atoms with Gasteiger partial charge in [-0.15, -0.1) is 0 Å². The summed E-state index contributed by atoms with van der Waals surface area (Å²) >= 11 is 11.7. The van der Waals surface area contributed by atoms with Crippen LogP contribution < -0.4 is 10.0 Å². The smallest absolute Gasteiger partial charge is 0.248 e. The first-order chi connectivity index (χ1) is 11.2. The molecule has 5 nitrogen and oxygen atoms in total. The summed E-state index contributed by atoms with van der Waals surface area (Å²) in [5.41, 5.74) is 1.74. The van der Waals surface area contributed by atoms with E-state index in [9.17, 15) is 13.2 Å². The van der Waals surface area contributed by atoms with Gasteiger partial charge in [-0.05, 0) is 42.0 Å². The lowest BCUT2D eigenvalue weighted by Crippen LogP contribution is -2.09. The summed E-state index contributed by atoms with van der Waals surface area (Å²) in [6.45, 7) is 0. The van der Waals surface area contributed by atoms with Crippen molar-refractivity contribution in [2.45, 2.75) is 0 Å². The summed E-state index contributed by atoms with van der Waals surface area (Å²) in [7, 11) is -3.31. The predicted octanol–water partition coefficient (Wildman–Crippen LogP) is 4.02. The van der Waals surface area contributed by atoms with Gasteiger partial charge in [-0.3, -0.25) is 9.52 Å². The Hall–Kier alpha value is -2.02. The van der Waals surface area contributed by atoms with Crippen molar-refractivity contribution in [1.82, 2.24) is 0 Å². The fourth-order valence-electron chi connectivity index (χ4n) is 1.81. The van der Waals surface area contributed by atoms with E-state index >= 15 is 0 Å². The fraction of sp³-hybridized carbons (Fsp3) is 0.0625. The van der Waals surface area contributed by atoms with Crippen LogP contribution in [0.25, 0.3) is 6.08 Å². The number of carbonyl (C=O) groups excluding carboxylic acids is 1. The Morgan fingerprint density at radius 2 is 1.62 bits per heavy atom. The molecule has 8 heteroatoms. The molecule has 0 radical (unpaired) electrons. The van der Waals surface area contributed by atoms with Gasteiger partial charge in [0.15, 0.2) is 0 Å². The van der Waals surface area contributed by atoms with Crippen LogP contribution in [-0.4, -0.2) is 20.6 Å². The number of benzene rings is 2. The van der Waals surface area contributed by atoms with Crippen molar-refractivity contribution in [3.63, 3.8) is 0 Å². The lowest BCUT2D eigenvalue weighted by Gasteiger charge is -2.04. The van der Waals surface area contributed by atoms with Crippen LogP contribution in [-0.2, 0) is 14.8 Å². The lowest BCUT2D eigenvalue weighted by atomic mass is 10.2. The van der Waals surface area contributed by atoms with Crippen LogP contribution >= 0.6 is 23.2 Å². The van der Waals surface area contributed by atoms with Gasteiger partial charge in [0.05, 0.1) is 16.3 Å². The molecule has 24 heavy (non-hydrogen) atoms. The second-order valence-electron chi connectivity index (χ2n) is 4.95. The Balaban J connectivity index is 1.99. The molecule has 2 aromatic rings. The third-order valence-electron chi connectivity index (χ3n) is 2.83. The number of amides is 1. The first kappa shape index (κ1) is 18.3. The molecule has 2 N–H and O–H groups in total. The average molecular weight is 385 g/mol. The Morgan fingerprint density at radius 3 is 2.21 bits per heavy atom. The normalized spacial score (nSPS) is 11.5. The van der Waals surface area contributed by atoms with Gasteiger partial charge in [-0.25, -0.2) is 8.42 Å². The summed E-state index contributed by atoms with van der Waals surface area (Å²) in [5.74, 6) is -0.327. The number of hydrogen-bond donors (Lipinski definition) is 2. The molecule has 0 fully saturated rings. The van der Waals surface area contributed by atoms with Crippen molar-refractivity contribution in [3.8, 4) is 0 Å². The first-order valence-electron chi connectivity index (χ1n) is 6.75. The van der Waals surface area contributed by atoms with Crippen LogP contribution in [0, 0.1) is 0 Å². The Bertz CT molecular complexity index is 879. The van der Waals surface area contributed by atoms with E-state index in [2.05, 4.69) is 10.0 Å². The minimum Gasteiger partial charge on any atom is -0.322 e. The highest BCUT2D eigenvalue weighted by molar-refractivity contribution is 7.92. The fourth-order valence-corrected chi connectivity index (χ4v) is 2.67. The predicted molar refractivity (Wildman–Crippen MR) is 99.0 cm³/mol. The molecule has 2 aromatic carbocycles. The monoisotopic (exact) mass is 384 g/mol. The number of rotatable bonds is 5. The lowest BCUT2D eigenvalue weighted by molar-refractivity contribution is -0.111. The third kappa shape index (κ3) is 5.88. The summed E-state index contributed by atoms with van der Waals surface area (Å²) in [5, 5.41) is 3.43. The van der Waals surface area contributed by atoms with Crippen molar-refractivity contribution in [3.05, 3.63) is 64.1 Å². The summed E-state index contributed by atoms with van der Waals surface area (Å²) in [4.78, 5) is 11.9. The van der Waals surface area contributed by atoms with Crippen molar-refractivity contribution in [2.24, 2.45) is 0 Å². The molecule has 2 rings (SSSR count). The standard InChI is InChI=1S/C16H14Cl2N2O3S/c1-24(22,23)20-12-5-2-11(3-6-12)4-9-16(21)19-13-7-8-14(17)15(18)10-13/h2-10,20H,1H3,(H,19,21)/b9-4+. The molecule has 1 amide bonds. The van der Waals surface area contributed by atoms with Crippen LogP contribution in [0.3, 0.4) is 0 Å². The van der Waals surface area contributed by atoms with Gasteiger partial charge in [0.25, 0.3) is 0 Å². The van der Waals surface area contributed by atoms with E-state index in [-0.39, 0.29) is 5.91 Å². The maximum atomic E-state index is 11.9. The number of hydrogen-bond acceptors (Lipinski definition) is 3. The number of halogens is 2. The van der Waals surface area contributed by atoms with Gasteiger partial charge >= 0.3 is 0 Å². The quantitative estimate of drug-likeness (QED) is 0.764. The van der Waals surface area contributed by atoms with Crippen LogP contribution in [0.2, 0.25) is 10.0 Å². The molecule has 0 unspecified atom stereocenters.